The average molecular weight is 444 g/mol. The molecule has 32 heavy (non-hydrogen) atoms. The van der Waals surface area contributed by atoms with Gasteiger partial charge in [0.1, 0.15) is 11.8 Å². The molecule has 0 atom stereocenters. The van der Waals surface area contributed by atoms with Crippen LogP contribution in [0.2, 0.25) is 5.15 Å². The van der Waals surface area contributed by atoms with Crippen molar-refractivity contribution in [2.75, 3.05) is 5.32 Å². The van der Waals surface area contributed by atoms with Crippen LogP contribution in [0.3, 0.4) is 0 Å². The maximum atomic E-state index is 10.1. The molecule has 1 saturated carbocycles. The lowest BCUT2D eigenvalue weighted by molar-refractivity contribution is 0.461. The maximum Gasteiger partial charge on any atom is 0.257 e. The molecule has 7 heteroatoms. The van der Waals surface area contributed by atoms with Gasteiger partial charge < -0.3 is 14.6 Å². The van der Waals surface area contributed by atoms with Crippen molar-refractivity contribution in [3.05, 3.63) is 65.6 Å². The van der Waals surface area contributed by atoms with E-state index in [1.54, 1.807) is 0 Å². The van der Waals surface area contributed by atoms with E-state index in [0.717, 1.165) is 40.7 Å². The van der Waals surface area contributed by atoms with Gasteiger partial charge in [-0.25, -0.2) is 9.97 Å². The van der Waals surface area contributed by atoms with Gasteiger partial charge in [-0.05, 0) is 56.5 Å². The molecule has 1 aliphatic rings. The van der Waals surface area contributed by atoms with Gasteiger partial charge >= 0.3 is 0 Å². The van der Waals surface area contributed by atoms with E-state index >= 15 is 0 Å². The normalized spacial score (nSPS) is 13.3. The van der Waals surface area contributed by atoms with Crippen molar-refractivity contribution in [1.29, 1.82) is 5.26 Å². The van der Waals surface area contributed by atoms with Crippen molar-refractivity contribution in [3.8, 4) is 29.0 Å². The Kier molecular flexibility index (Phi) is 5.20. The second kappa shape index (κ2) is 8.18. The highest BCUT2D eigenvalue weighted by atomic mass is 35.5. The van der Waals surface area contributed by atoms with E-state index in [1.807, 2.05) is 18.2 Å². The summed E-state index contributed by atoms with van der Waals surface area (Å²) in [5, 5.41) is 14.6. The molecule has 2 heterocycles. The molecular weight excluding hydrogens is 422 g/mol. The number of anilines is 1. The van der Waals surface area contributed by atoms with E-state index < -0.39 is 0 Å². The first-order valence-electron chi connectivity index (χ1n) is 10.6. The number of rotatable bonds is 6. The van der Waals surface area contributed by atoms with E-state index in [1.165, 1.54) is 12.4 Å². The van der Waals surface area contributed by atoms with Crippen LogP contribution in [-0.2, 0) is 0 Å². The van der Waals surface area contributed by atoms with Crippen molar-refractivity contribution in [1.82, 2.24) is 14.5 Å². The number of nitrogens with one attached hydrogen (secondary N) is 1. The summed E-state index contributed by atoms with van der Waals surface area (Å²) in [5.74, 6) is 0.860. The zero-order valence-corrected chi connectivity index (χ0v) is 18.6. The third-order valence-electron chi connectivity index (χ3n) is 5.45. The van der Waals surface area contributed by atoms with Gasteiger partial charge in [-0.15, -0.1) is 0 Å². The molecule has 0 bridgehead atoms. The molecule has 0 unspecified atom stereocenters. The largest absolute Gasteiger partial charge is 0.436 e. The summed E-state index contributed by atoms with van der Waals surface area (Å²) < 4.78 is 8.19. The van der Waals surface area contributed by atoms with Gasteiger partial charge in [-0.3, -0.25) is 0 Å². The molecule has 0 amide bonds. The molecule has 0 aliphatic heterocycles. The summed E-state index contributed by atoms with van der Waals surface area (Å²) in [6.07, 6.45) is 5.24. The molecule has 0 radical (unpaired) electrons. The summed E-state index contributed by atoms with van der Waals surface area (Å²) in [6, 6.07) is 17.2. The summed E-state index contributed by atoms with van der Waals surface area (Å²) in [6.45, 7) is 4.22. The van der Waals surface area contributed by atoms with Crippen LogP contribution in [0.1, 0.15) is 38.3 Å². The fourth-order valence-corrected chi connectivity index (χ4v) is 4.15. The fourth-order valence-electron chi connectivity index (χ4n) is 4.01. The molecule has 5 rings (SSSR count). The highest BCUT2D eigenvalue weighted by Crippen LogP contribution is 2.45. The van der Waals surface area contributed by atoms with Crippen molar-refractivity contribution in [2.45, 2.75) is 38.8 Å². The summed E-state index contributed by atoms with van der Waals surface area (Å²) in [5.41, 5.74) is 4.70. The third-order valence-corrected chi connectivity index (χ3v) is 5.71. The van der Waals surface area contributed by atoms with Crippen molar-refractivity contribution >= 4 is 28.2 Å². The number of hydrogen-bond acceptors (Lipinski definition) is 5. The lowest BCUT2D eigenvalue weighted by Crippen LogP contribution is -2.09. The molecule has 6 nitrogen and oxygen atoms in total. The predicted molar refractivity (Wildman–Crippen MR) is 126 cm³/mol. The second-order valence-electron chi connectivity index (χ2n) is 8.25. The standard InChI is InChI=1S/C25H22ClN5O/c1-15(2)30-17-5-3-16(4-6-17)23-21(14-27)20-10-9-19(13-22(20)31(23)18-7-8-18)32-25-24(26)28-11-12-29-25/h3-6,9-13,15,18,30H,7-8H2,1-2H3. The first-order valence-corrected chi connectivity index (χ1v) is 11.0. The minimum absolute atomic E-state index is 0.207. The van der Waals surface area contributed by atoms with Gasteiger partial charge in [0, 0.05) is 41.6 Å². The minimum atomic E-state index is 0.207. The minimum Gasteiger partial charge on any atom is -0.436 e. The zero-order valence-electron chi connectivity index (χ0n) is 17.8. The van der Waals surface area contributed by atoms with Gasteiger partial charge in [-0.1, -0.05) is 23.7 Å². The first-order chi connectivity index (χ1) is 15.5. The number of benzene rings is 2. The summed E-state index contributed by atoms with van der Waals surface area (Å²) in [7, 11) is 0. The van der Waals surface area contributed by atoms with E-state index in [2.05, 4.69) is 64.0 Å². The number of hydrogen-bond donors (Lipinski definition) is 1. The Morgan fingerprint density at radius 1 is 1.12 bits per heavy atom. The van der Waals surface area contributed by atoms with Crippen LogP contribution in [0, 0.1) is 11.3 Å². The second-order valence-corrected chi connectivity index (χ2v) is 8.60. The quantitative estimate of drug-likeness (QED) is 0.364. The van der Waals surface area contributed by atoms with Gasteiger partial charge in [0.2, 0.25) is 0 Å². The fraction of sp³-hybridized carbons (Fsp3) is 0.240. The molecule has 0 saturated heterocycles. The van der Waals surface area contributed by atoms with Crippen LogP contribution >= 0.6 is 11.6 Å². The van der Waals surface area contributed by atoms with Crippen molar-refractivity contribution in [3.63, 3.8) is 0 Å². The Hall–Kier alpha value is -3.56. The number of ether oxygens (including phenoxy) is 1. The van der Waals surface area contributed by atoms with Crippen LogP contribution in [0.5, 0.6) is 11.6 Å². The first kappa shape index (κ1) is 20.3. The van der Waals surface area contributed by atoms with E-state index in [-0.39, 0.29) is 11.0 Å². The Morgan fingerprint density at radius 3 is 2.53 bits per heavy atom. The molecule has 0 spiro atoms. The van der Waals surface area contributed by atoms with Gasteiger partial charge in [-0.2, -0.15) is 5.26 Å². The molecule has 1 N–H and O–H groups in total. The summed E-state index contributed by atoms with van der Waals surface area (Å²) in [4.78, 5) is 8.17. The maximum absolute atomic E-state index is 10.1. The van der Waals surface area contributed by atoms with Gasteiger partial charge in [0.15, 0.2) is 5.15 Å². The SMILES string of the molecule is CC(C)Nc1ccc(-c2c(C#N)c3ccc(Oc4nccnc4Cl)cc3n2C2CC2)cc1. The lowest BCUT2D eigenvalue weighted by atomic mass is 10.1. The van der Waals surface area contributed by atoms with Gasteiger partial charge in [0.25, 0.3) is 5.88 Å². The van der Waals surface area contributed by atoms with E-state index in [0.29, 0.717) is 23.4 Å². The molecule has 2 aromatic heterocycles. The van der Waals surface area contributed by atoms with Crippen LogP contribution in [0.15, 0.2) is 54.9 Å². The number of aromatic nitrogens is 3. The average Bonchev–Trinajstić information content (AvgIpc) is 3.57. The summed E-state index contributed by atoms with van der Waals surface area (Å²) >= 11 is 6.11. The third kappa shape index (κ3) is 3.76. The number of halogens is 1. The molecular formula is C25H22ClN5O. The van der Waals surface area contributed by atoms with Crippen LogP contribution in [0.25, 0.3) is 22.2 Å². The molecule has 1 fully saturated rings. The monoisotopic (exact) mass is 443 g/mol. The molecule has 160 valence electrons. The Labute approximate surface area is 191 Å². The topological polar surface area (TPSA) is 75.8 Å². The van der Waals surface area contributed by atoms with Crippen LogP contribution < -0.4 is 10.1 Å². The molecule has 2 aromatic carbocycles. The molecule has 1 aliphatic carbocycles. The highest BCUT2D eigenvalue weighted by Gasteiger charge is 2.31. The predicted octanol–water partition coefficient (Wildman–Crippen LogP) is 6.57. The highest BCUT2D eigenvalue weighted by molar-refractivity contribution is 6.30. The van der Waals surface area contributed by atoms with Crippen molar-refractivity contribution < 1.29 is 4.74 Å². The number of nitriles is 1. The van der Waals surface area contributed by atoms with Crippen LogP contribution in [0.4, 0.5) is 5.69 Å². The lowest BCUT2D eigenvalue weighted by Gasteiger charge is -2.13. The van der Waals surface area contributed by atoms with Crippen molar-refractivity contribution in [2.24, 2.45) is 0 Å². The smallest absolute Gasteiger partial charge is 0.257 e. The number of fused-ring (bicyclic) bond motifs is 1. The van der Waals surface area contributed by atoms with Gasteiger partial charge in [0.05, 0.1) is 16.8 Å². The Morgan fingerprint density at radius 2 is 1.88 bits per heavy atom. The Balaban J connectivity index is 1.62. The molecule has 4 aromatic rings. The van der Waals surface area contributed by atoms with Crippen LogP contribution in [-0.4, -0.2) is 20.6 Å². The Bertz CT molecular complexity index is 1330. The zero-order chi connectivity index (χ0) is 22.2. The van der Waals surface area contributed by atoms with E-state index in [4.69, 9.17) is 16.3 Å². The van der Waals surface area contributed by atoms with E-state index in [9.17, 15) is 5.26 Å². The number of nitrogens with zero attached hydrogens (tertiary/aromatic N) is 4.